The highest BCUT2D eigenvalue weighted by Gasteiger charge is 2.33. The maximum atomic E-state index is 12.9. The van der Waals surface area contributed by atoms with Crippen LogP contribution in [0.5, 0.6) is 11.5 Å². The minimum Gasteiger partial charge on any atom is -0.464 e. The van der Waals surface area contributed by atoms with E-state index >= 15 is 0 Å². The molecule has 2 amide bonds. The van der Waals surface area contributed by atoms with Gasteiger partial charge in [0.05, 0.1) is 18.2 Å². The van der Waals surface area contributed by atoms with Crippen LogP contribution in [0.2, 0.25) is 0 Å². The third kappa shape index (κ3) is 3.35. The van der Waals surface area contributed by atoms with Crippen molar-refractivity contribution in [1.82, 2.24) is 4.90 Å². The topological polar surface area (TPSA) is 96.7 Å². The molecule has 0 spiro atoms. The molecule has 1 aliphatic heterocycles. The Balaban J connectivity index is 1.71. The van der Waals surface area contributed by atoms with Crippen LogP contribution in [0.1, 0.15) is 33.2 Å². The van der Waals surface area contributed by atoms with Crippen molar-refractivity contribution in [3.05, 3.63) is 71.3 Å². The predicted octanol–water partition coefficient (Wildman–Crippen LogP) is 3.66. The third-order valence-electron chi connectivity index (χ3n) is 4.78. The summed E-state index contributed by atoms with van der Waals surface area (Å²) in [5.74, 6) is -0.332. The summed E-state index contributed by atoms with van der Waals surface area (Å²) in [7, 11) is 0. The molecule has 0 bridgehead atoms. The van der Waals surface area contributed by atoms with Crippen LogP contribution in [-0.4, -0.2) is 35.8 Å². The van der Waals surface area contributed by atoms with Gasteiger partial charge in [0.2, 0.25) is 0 Å². The standard InChI is InChI=1S/C23H16N2O5/c1-14(26)29-12-11-25-22(27)18-4-2-3-17-20(10-9-19(21(17)18)23(25)28)30-16-7-5-15(13-24)6-8-16/h2-10H,11-12H2,1H3. The Hall–Kier alpha value is -4.18. The molecule has 0 fully saturated rings. The van der Waals surface area contributed by atoms with Crippen molar-refractivity contribution in [3.63, 3.8) is 0 Å². The molecule has 0 radical (unpaired) electrons. The molecule has 0 N–H and O–H groups in total. The first-order valence-corrected chi connectivity index (χ1v) is 9.23. The van der Waals surface area contributed by atoms with Gasteiger partial charge in [-0.1, -0.05) is 12.1 Å². The number of imide groups is 1. The summed E-state index contributed by atoms with van der Waals surface area (Å²) in [6.07, 6.45) is 0. The minimum absolute atomic E-state index is 0.0173. The zero-order chi connectivity index (χ0) is 21.3. The Morgan fingerprint density at radius 2 is 1.70 bits per heavy atom. The molecule has 0 unspecified atom stereocenters. The van der Waals surface area contributed by atoms with Gasteiger partial charge in [-0.15, -0.1) is 0 Å². The Labute approximate surface area is 172 Å². The lowest BCUT2D eigenvalue weighted by molar-refractivity contribution is -0.141. The third-order valence-corrected chi connectivity index (χ3v) is 4.78. The summed E-state index contributed by atoms with van der Waals surface area (Å²) >= 11 is 0. The van der Waals surface area contributed by atoms with Gasteiger partial charge in [-0.2, -0.15) is 5.26 Å². The number of ether oxygens (including phenoxy) is 2. The molecular formula is C23H16N2O5. The number of hydrogen-bond donors (Lipinski definition) is 0. The van der Waals surface area contributed by atoms with Crippen LogP contribution >= 0.6 is 0 Å². The fourth-order valence-electron chi connectivity index (χ4n) is 3.42. The second-order valence-corrected chi connectivity index (χ2v) is 6.68. The summed E-state index contributed by atoms with van der Waals surface area (Å²) in [5.41, 5.74) is 1.29. The van der Waals surface area contributed by atoms with Gasteiger partial charge in [0.1, 0.15) is 18.1 Å². The van der Waals surface area contributed by atoms with Crippen molar-refractivity contribution in [3.8, 4) is 17.6 Å². The van der Waals surface area contributed by atoms with Gasteiger partial charge in [0.25, 0.3) is 11.8 Å². The first-order chi connectivity index (χ1) is 14.5. The summed E-state index contributed by atoms with van der Waals surface area (Å²) in [5, 5.41) is 10.1. The number of esters is 1. The summed E-state index contributed by atoms with van der Waals surface area (Å²) in [6.45, 7) is 1.19. The first kappa shape index (κ1) is 19.2. The molecule has 3 aromatic rings. The molecule has 4 rings (SSSR count). The summed E-state index contributed by atoms with van der Waals surface area (Å²) in [4.78, 5) is 37.9. The lowest BCUT2D eigenvalue weighted by Gasteiger charge is -2.27. The van der Waals surface area contributed by atoms with Gasteiger partial charge < -0.3 is 9.47 Å². The van der Waals surface area contributed by atoms with Crippen LogP contribution < -0.4 is 4.74 Å². The highest BCUT2D eigenvalue weighted by atomic mass is 16.5. The second-order valence-electron chi connectivity index (χ2n) is 6.68. The van der Waals surface area contributed by atoms with E-state index in [1.165, 1.54) is 6.92 Å². The number of hydrogen-bond acceptors (Lipinski definition) is 6. The molecule has 1 heterocycles. The van der Waals surface area contributed by atoms with Gasteiger partial charge in [-0.3, -0.25) is 19.3 Å². The normalized spacial score (nSPS) is 12.6. The monoisotopic (exact) mass is 400 g/mol. The largest absolute Gasteiger partial charge is 0.464 e. The van der Waals surface area contributed by atoms with Crippen LogP contribution in [0.25, 0.3) is 10.8 Å². The van der Waals surface area contributed by atoms with Gasteiger partial charge in [-0.25, -0.2) is 0 Å². The Kier molecular flexibility index (Phi) is 4.90. The number of carbonyl (C=O) groups is 3. The van der Waals surface area contributed by atoms with E-state index in [2.05, 4.69) is 0 Å². The maximum Gasteiger partial charge on any atom is 0.302 e. The number of nitriles is 1. The number of amides is 2. The molecule has 148 valence electrons. The van der Waals surface area contributed by atoms with E-state index in [1.54, 1.807) is 54.6 Å². The van der Waals surface area contributed by atoms with E-state index in [4.69, 9.17) is 14.7 Å². The quantitative estimate of drug-likeness (QED) is 0.479. The van der Waals surface area contributed by atoms with Crippen molar-refractivity contribution >= 4 is 28.6 Å². The smallest absolute Gasteiger partial charge is 0.302 e. The van der Waals surface area contributed by atoms with E-state index in [1.807, 2.05) is 6.07 Å². The molecule has 1 aliphatic rings. The molecule has 0 saturated carbocycles. The molecule has 0 aliphatic carbocycles. The van der Waals surface area contributed by atoms with E-state index in [0.29, 0.717) is 39.0 Å². The van der Waals surface area contributed by atoms with Gasteiger partial charge in [0.15, 0.2) is 0 Å². The molecule has 30 heavy (non-hydrogen) atoms. The lowest BCUT2D eigenvalue weighted by atomic mass is 9.93. The van der Waals surface area contributed by atoms with Crippen molar-refractivity contribution in [2.75, 3.05) is 13.2 Å². The van der Waals surface area contributed by atoms with Crippen LogP contribution in [0.3, 0.4) is 0 Å². The number of carbonyl (C=O) groups excluding carboxylic acids is 3. The van der Waals surface area contributed by atoms with E-state index in [0.717, 1.165) is 4.90 Å². The average molecular weight is 400 g/mol. The van der Waals surface area contributed by atoms with Crippen LogP contribution in [-0.2, 0) is 9.53 Å². The molecular weight excluding hydrogens is 384 g/mol. The highest BCUT2D eigenvalue weighted by molar-refractivity contribution is 6.26. The predicted molar refractivity (Wildman–Crippen MR) is 107 cm³/mol. The average Bonchev–Trinajstić information content (AvgIpc) is 2.75. The molecule has 7 nitrogen and oxygen atoms in total. The van der Waals surface area contributed by atoms with Gasteiger partial charge in [0, 0.05) is 28.8 Å². The zero-order valence-corrected chi connectivity index (χ0v) is 16.0. The Bertz CT molecular complexity index is 1200. The van der Waals surface area contributed by atoms with Crippen molar-refractivity contribution in [2.45, 2.75) is 6.92 Å². The molecule has 0 atom stereocenters. The fraction of sp³-hybridized carbons (Fsp3) is 0.130. The van der Waals surface area contributed by atoms with Crippen molar-refractivity contribution in [2.24, 2.45) is 0 Å². The minimum atomic E-state index is -0.473. The molecule has 0 saturated heterocycles. The maximum absolute atomic E-state index is 12.9. The number of benzene rings is 3. The molecule has 3 aromatic carbocycles. The van der Waals surface area contributed by atoms with E-state index in [-0.39, 0.29) is 13.2 Å². The molecule has 7 heteroatoms. The van der Waals surface area contributed by atoms with Crippen LogP contribution in [0.4, 0.5) is 0 Å². The first-order valence-electron chi connectivity index (χ1n) is 9.23. The number of rotatable bonds is 5. The van der Waals surface area contributed by atoms with Crippen molar-refractivity contribution < 1.29 is 23.9 Å². The Morgan fingerprint density at radius 3 is 2.37 bits per heavy atom. The zero-order valence-electron chi connectivity index (χ0n) is 16.0. The number of nitrogens with zero attached hydrogens (tertiary/aromatic N) is 2. The SMILES string of the molecule is CC(=O)OCCN1C(=O)c2cccc3c(Oc4ccc(C#N)cc4)ccc(c23)C1=O. The molecule has 0 aromatic heterocycles. The summed E-state index contributed by atoms with van der Waals surface area (Å²) in [6, 6.07) is 17.2. The van der Waals surface area contributed by atoms with Crippen LogP contribution in [0, 0.1) is 11.3 Å². The van der Waals surface area contributed by atoms with Gasteiger partial charge >= 0.3 is 5.97 Å². The lowest BCUT2D eigenvalue weighted by Crippen LogP contribution is -2.42. The van der Waals surface area contributed by atoms with Gasteiger partial charge in [-0.05, 0) is 42.5 Å². The Morgan fingerprint density at radius 1 is 1.00 bits per heavy atom. The highest BCUT2D eigenvalue weighted by Crippen LogP contribution is 2.37. The van der Waals surface area contributed by atoms with E-state index < -0.39 is 17.8 Å². The second kappa shape index (κ2) is 7.68. The van der Waals surface area contributed by atoms with Crippen molar-refractivity contribution in [1.29, 1.82) is 5.26 Å². The fourth-order valence-corrected chi connectivity index (χ4v) is 3.42. The van der Waals surface area contributed by atoms with E-state index in [9.17, 15) is 14.4 Å². The van der Waals surface area contributed by atoms with Crippen LogP contribution in [0.15, 0.2) is 54.6 Å². The summed E-state index contributed by atoms with van der Waals surface area (Å²) < 4.78 is 10.8.